The number of thioether (sulfide) groups is 1. The van der Waals surface area contributed by atoms with Crippen LogP contribution in [0.4, 0.5) is 5.69 Å². The fourth-order valence-corrected chi connectivity index (χ4v) is 3.64. The van der Waals surface area contributed by atoms with Crippen LogP contribution in [0.5, 0.6) is 0 Å². The highest BCUT2D eigenvalue weighted by atomic mass is 32.2. The molecule has 1 heterocycles. The van der Waals surface area contributed by atoms with Crippen LogP contribution < -0.4 is 10.6 Å². The molecule has 3 aromatic rings. The van der Waals surface area contributed by atoms with Crippen molar-refractivity contribution in [2.75, 3.05) is 18.1 Å². The number of hydrogen-bond donors (Lipinski definition) is 2. The minimum atomic E-state index is -0.198. The number of rotatable bonds is 6. The maximum Gasteiger partial charge on any atom is 0.257 e. The van der Waals surface area contributed by atoms with E-state index in [9.17, 15) is 4.79 Å². The Labute approximate surface area is 181 Å². The number of carbonyl (C=O) groups is 1. The molecule has 0 saturated carbocycles. The van der Waals surface area contributed by atoms with Crippen LogP contribution in [0.15, 0.2) is 64.5 Å². The highest BCUT2D eigenvalue weighted by molar-refractivity contribution is 7.98. The number of carbonyl (C=O) groups excluding carboxylic acids is 1. The van der Waals surface area contributed by atoms with Crippen molar-refractivity contribution in [1.82, 2.24) is 15.1 Å². The van der Waals surface area contributed by atoms with Crippen LogP contribution >= 0.6 is 11.8 Å². The number of benzene rings is 2. The topological polar surface area (TPSA) is 71.3 Å². The average Bonchev–Trinajstić information content (AvgIpc) is 3.00. The van der Waals surface area contributed by atoms with E-state index in [0.29, 0.717) is 18.1 Å². The van der Waals surface area contributed by atoms with E-state index in [-0.39, 0.29) is 5.91 Å². The number of aryl methyl sites for hydroxylation is 2. The van der Waals surface area contributed by atoms with Gasteiger partial charge in [0, 0.05) is 35.4 Å². The Morgan fingerprint density at radius 3 is 2.57 bits per heavy atom. The molecule has 0 saturated heterocycles. The number of hydrogen-bond acceptors (Lipinski definition) is 4. The van der Waals surface area contributed by atoms with Gasteiger partial charge in [0.15, 0.2) is 0 Å². The zero-order valence-electron chi connectivity index (χ0n) is 17.8. The fourth-order valence-electron chi connectivity index (χ4n) is 3.18. The highest BCUT2D eigenvalue weighted by Gasteiger charge is 2.11. The third kappa shape index (κ3) is 5.51. The average molecular weight is 422 g/mol. The second-order valence-electron chi connectivity index (χ2n) is 6.93. The first kappa shape index (κ1) is 21.6. The Morgan fingerprint density at radius 1 is 1.13 bits per heavy atom. The van der Waals surface area contributed by atoms with Crippen molar-refractivity contribution in [3.05, 3.63) is 77.1 Å². The van der Waals surface area contributed by atoms with Gasteiger partial charge in [-0.1, -0.05) is 24.3 Å². The summed E-state index contributed by atoms with van der Waals surface area (Å²) in [4.78, 5) is 18.5. The van der Waals surface area contributed by atoms with Crippen molar-refractivity contribution >= 4 is 29.3 Å². The smallest absolute Gasteiger partial charge is 0.257 e. The van der Waals surface area contributed by atoms with Gasteiger partial charge in [0.25, 0.3) is 5.91 Å². The van der Waals surface area contributed by atoms with Crippen LogP contribution in [-0.4, -0.2) is 34.4 Å². The summed E-state index contributed by atoms with van der Waals surface area (Å²) in [6.07, 6.45) is 2.78. The highest BCUT2D eigenvalue weighted by Crippen LogP contribution is 2.19. The maximum atomic E-state index is 12.7. The first-order valence-electron chi connectivity index (χ1n) is 9.79. The van der Waals surface area contributed by atoms with E-state index in [4.69, 9.17) is 0 Å². The molecule has 0 aliphatic carbocycles. The van der Waals surface area contributed by atoms with Crippen LogP contribution in [0.1, 0.15) is 27.3 Å². The van der Waals surface area contributed by atoms with Gasteiger partial charge < -0.3 is 5.32 Å². The summed E-state index contributed by atoms with van der Waals surface area (Å²) in [5, 5.41) is 10.6. The number of amides is 1. The van der Waals surface area contributed by atoms with E-state index in [1.165, 1.54) is 5.56 Å². The van der Waals surface area contributed by atoms with Gasteiger partial charge >= 0.3 is 0 Å². The molecule has 7 heteroatoms. The van der Waals surface area contributed by atoms with E-state index in [1.807, 2.05) is 67.4 Å². The van der Waals surface area contributed by atoms with Crippen molar-refractivity contribution < 1.29 is 4.79 Å². The van der Waals surface area contributed by atoms with E-state index in [2.05, 4.69) is 27.6 Å². The molecule has 0 atom stereocenters. The predicted molar refractivity (Wildman–Crippen MR) is 124 cm³/mol. The number of guanidine groups is 1. The van der Waals surface area contributed by atoms with Gasteiger partial charge in [-0.2, -0.15) is 5.10 Å². The third-order valence-corrected chi connectivity index (χ3v) is 5.62. The molecule has 1 amide bonds. The molecule has 30 heavy (non-hydrogen) atoms. The van der Waals surface area contributed by atoms with Crippen LogP contribution in [-0.2, 0) is 13.5 Å². The zero-order valence-corrected chi connectivity index (χ0v) is 18.6. The van der Waals surface area contributed by atoms with Crippen LogP contribution in [0, 0.1) is 13.8 Å². The van der Waals surface area contributed by atoms with Gasteiger partial charge in [-0.25, -0.2) is 0 Å². The molecule has 0 fully saturated rings. The number of nitrogens with zero attached hydrogens (tertiary/aromatic N) is 3. The van der Waals surface area contributed by atoms with Crippen molar-refractivity contribution in [2.45, 2.75) is 25.2 Å². The largest absolute Gasteiger partial charge is 0.326 e. The van der Waals surface area contributed by atoms with Crippen LogP contribution in [0.3, 0.4) is 0 Å². The lowest BCUT2D eigenvalue weighted by Gasteiger charge is -2.13. The molecule has 0 spiro atoms. The summed E-state index contributed by atoms with van der Waals surface area (Å²) < 4.78 is 1.89. The zero-order chi connectivity index (χ0) is 21.5. The summed E-state index contributed by atoms with van der Waals surface area (Å²) in [6, 6.07) is 17.1. The molecule has 2 aromatic carbocycles. The summed E-state index contributed by atoms with van der Waals surface area (Å²) in [5.41, 5.74) is 4.81. The Hall–Kier alpha value is -3.06. The molecular weight excluding hydrogens is 394 g/mol. The Balaban J connectivity index is 1.78. The Kier molecular flexibility index (Phi) is 7.30. The lowest BCUT2D eigenvalue weighted by atomic mass is 10.1. The van der Waals surface area contributed by atoms with Crippen molar-refractivity contribution in [2.24, 2.45) is 12.0 Å². The monoisotopic (exact) mass is 421 g/mol. The summed E-state index contributed by atoms with van der Waals surface area (Å²) >= 11 is 1.66. The first-order valence-corrected chi connectivity index (χ1v) is 11.0. The number of anilines is 1. The Bertz CT molecular complexity index is 1040. The van der Waals surface area contributed by atoms with Gasteiger partial charge in [0.2, 0.25) is 5.96 Å². The van der Waals surface area contributed by atoms with Crippen LogP contribution in [0.25, 0.3) is 0 Å². The predicted octanol–water partition coefficient (Wildman–Crippen LogP) is 4.20. The molecule has 0 aliphatic heterocycles. The van der Waals surface area contributed by atoms with Crippen molar-refractivity contribution in [3.63, 3.8) is 0 Å². The maximum absolute atomic E-state index is 12.7. The minimum absolute atomic E-state index is 0.198. The fraction of sp³-hybridized carbons (Fsp3) is 0.261. The number of aromatic nitrogens is 2. The standard InChI is InChI=1S/C23H27N5OS/c1-16-21(17(2)28(3)27-16)13-14-24-23(25-19-11-8-12-20(15-19)30-4)26-22(29)18-9-6-5-7-10-18/h5-12,15H,13-14H2,1-4H3,(H2,24,25,26,29). The first-order chi connectivity index (χ1) is 14.5. The molecule has 0 aliphatic rings. The second-order valence-corrected chi connectivity index (χ2v) is 7.81. The second kappa shape index (κ2) is 10.1. The molecule has 0 unspecified atom stereocenters. The quantitative estimate of drug-likeness (QED) is 0.355. The molecular formula is C23H27N5OS. The summed E-state index contributed by atoms with van der Waals surface area (Å²) in [7, 11) is 1.95. The number of aliphatic imine (C=N–C) groups is 1. The molecule has 6 nitrogen and oxygen atoms in total. The normalized spacial score (nSPS) is 11.4. The lowest BCUT2D eigenvalue weighted by Crippen LogP contribution is -2.36. The van der Waals surface area contributed by atoms with E-state index >= 15 is 0 Å². The van der Waals surface area contributed by atoms with E-state index < -0.39 is 0 Å². The Morgan fingerprint density at radius 2 is 1.90 bits per heavy atom. The van der Waals surface area contributed by atoms with Crippen molar-refractivity contribution in [3.8, 4) is 0 Å². The SMILES string of the molecule is CSc1cccc(NC(=NCCc2c(C)nn(C)c2C)NC(=O)c2ccccc2)c1. The van der Waals surface area contributed by atoms with Crippen LogP contribution in [0.2, 0.25) is 0 Å². The minimum Gasteiger partial charge on any atom is -0.326 e. The van der Waals surface area contributed by atoms with Gasteiger partial charge in [-0.15, -0.1) is 11.8 Å². The summed E-state index contributed by atoms with van der Waals surface area (Å²) in [6.45, 7) is 4.60. The van der Waals surface area contributed by atoms with E-state index in [0.717, 1.165) is 28.4 Å². The van der Waals surface area contributed by atoms with Gasteiger partial charge in [0.05, 0.1) is 5.69 Å². The van der Waals surface area contributed by atoms with E-state index in [1.54, 1.807) is 23.9 Å². The lowest BCUT2D eigenvalue weighted by molar-refractivity contribution is 0.0977. The molecule has 2 N–H and O–H groups in total. The number of nitrogens with one attached hydrogen (secondary N) is 2. The van der Waals surface area contributed by atoms with Crippen molar-refractivity contribution in [1.29, 1.82) is 0 Å². The van der Waals surface area contributed by atoms with Gasteiger partial charge in [-0.05, 0) is 62.4 Å². The molecule has 3 rings (SSSR count). The molecule has 156 valence electrons. The van der Waals surface area contributed by atoms with Gasteiger partial charge in [-0.3, -0.25) is 19.8 Å². The third-order valence-electron chi connectivity index (χ3n) is 4.89. The van der Waals surface area contributed by atoms with Gasteiger partial charge in [0.1, 0.15) is 0 Å². The molecule has 1 aromatic heterocycles. The molecule has 0 radical (unpaired) electrons. The molecule has 0 bridgehead atoms. The summed E-state index contributed by atoms with van der Waals surface area (Å²) in [5.74, 6) is 0.234.